The number of nitrogens with one attached hydrogen (secondary N) is 1. The van der Waals surface area contributed by atoms with Gasteiger partial charge in [0.25, 0.3) is 0 Å². The van der Waals surface area contributed by atoms with E-state index in [4.69, 9.17) is 17.0 Å². The Balaban J connectivity index is 1.67. The largest absolute Gasteiger partial charge is 0.379 e. The van der Waals surface area contributed by atoms with Crippen LogP contribution in [0.25, 0.3) is 17.1 Å². The van der Waals surface area contributed by atoms with E-state index in [0.717, 1.165) is 56.3 Å². The fraction of sp³-hybridized carbons (Fsp3) is 0.360. The van der Waals surface area contributed by atoms with Crippen LogP contribution in [0.15, 0.2) is 36.4 Å². The summed E-state index contributed by atoms with van der Waals surface area (Å²) in [6.07, 6.45) is 0.733. The first kappa shape index (κ1) is 21.5. The van der Waals surface area contributed by atoms with Crippen molar-refractivity contribution < 1.29 is 4.74 Å². The van der Waals surface area contributed by atoms with E-state index in [1.54, 1.807) is 0 Å². The van der Waals surface area contributed by atoms with Crippen LogP contribution in [0.4, 0.5) is 0 Å². The third-order valence-electron chi connectivity index (χ3n) is 5.76. The molecule has 0 atom stereocenters. The first-order valence-electron chi connectivity index (χ1n) is 10.6. The monoisotopic (exact) mass is 432 g/mol. The molecule has 0 bridgehead atoms. The fourth-order valence-electron chi connectivity index (χ4n) is 4.00. The summed E-state index contributed by atoms with van der Waals surface area (Å²) in [6, 6.07) is 13.0. The standard InChI is InChI=1S/C25H28N4OS/c1-4-5-6-21-16-23(19(3)15-18(21)2)24-26-27-25(31)29(24)22-9-7-20(8-10-22)17-28-11-13-30-14-12-28/h7-10,15-16H,6,11-14,17H2,1-3H3,(H,27,31). The molecule has 0 saturated carbocycles. The van der Waals surface area contributed by atoms with Gasteiger partial charge in [-0.3, -0.25) is 14.6 Å². The molecule has 0 unspecified atom stereocenters. The third-order valence-corrected chi connectivity index (χ3v) is 6.03. The smallest absolute Gasteiger partial charge is 0.200 e. The molecule has 2 heterocycles. The lowest BCUT2D eigenvalue weighted by molar-refractivity contribution is 0.0342. The topological polar surface area (TPSA) is 46.1 Å². The van der Waals surface area contributed by atoms with E-state index in [9.17, 15) is 0 Å². The second kappa shape index (κ2) is 9.61. The predicted molar refractivity (Wildman–Crippen MR) is 127 cm³/mol. The fourth-order valence-corrected chi connectivity index (χ4v) is 4.23. The van der Waals surface area contributed by atoms with Gasteiger partial charge in [0.15, 0.2) is 10.6 Å². The summed E-state index contributed by atoms with van der Waals surface area (Å²) in [4.78, 5) is 2.42. The number of H-pyrrole nitrogens is 1. The Hall–Kier alpha value is -2.72. The van der Waals surface area contributed by atoms with Gasteiger partial charge < -0.3 is 4.74 Å². The average Bonchev–Trinajstić information content (AvgIpc) is 3.15. The molecule has 0 radical (unpaired) electrons. The van der Waals surface area contributed by atoms with E-state index in [1.807, 2.05) is 11.5 Å². The molecular weight excluding hydrogens is 404 g/mol. The molecule has 0 aliphatic carbocycles. The second-order valence-electron chi connectivity index (χ2n) is 7.94. The van der Waals surface area contributed by atoms with Gasteiger partial charge >= 0.3 is 0 Å². The predicted octanol–water partition coefficient (Wildman–Crippen LogP) is 4.61. The Morgan fingerprint density at radius 2 is 1.84 bits per heavy atom. The van der Waals surface area contributed by atoms with Crippen LogP contribution in [0.2, 0.25) is 0 Å². The Morgan fingerprint density at radius 3 is 2.55 bits per heavy atom. The van der Waals surface area contributed by atoms with Crippen molar-refractivity contribution in [2.24, 2.45) is 0 Å². The van der Waals surface area contributed by atoms with Crippen LogP contribution in [0.3, 0.4) is 0 Å². The highest BCUT2D eigenvalue weighted by molar-refractivity contribution is 7.71. The zero-order valence-corrected chi connectivity index (χ0v) is 19.2. The quantitative estimate of drug-likeness (QED) is 0.472. The van der Waals surface area contributed by atoms with Gasteiger partial charge in [-0.25, -0.2) is 0 Å². The number of hydrogen-bond acceptors (Lipinski definition) is 4. The van der Waals surface area contributed by atoms with E-state index in [0.29, 0.717) is 4.77 Å². The Morgan fingerprint density at radius 1 is 1.10 bits per heavy atom. The summed E-state index contributed by atoms with van der Waals surface area (Å²) in [6.45, 7) is 10.6. The van der Waals surface area contributed by atoms with Crippen molar-refractivity contribution >= 4 is 12.2 Å². The van der Waals surface area contributed by atoms with Gasteiger partial charge in [0.2, 0.25) is 0 Å². The molecule has 1 fully saturated rings. The summed E-state index contributed by atoms with van der Waals surface area (Å²) in [7, 11) is 0. The highest BCUT2D eigenvalue weighted by Gasteiger charge is 2.16. The van der Waals surface area contributed by atoms with Crippen LogP contribution in [-0.2, 0) is 17.7 Å². The third kappa shape index (κ3) is 4.80. The van der Waals surface area contributed by atoms with Crippen molar-refractivity contribution in [1.82, 2.24) is 19.7 Å². The highest BCUT2D eigenvalue weighted by Crippen LogP contribution is 2.28. The maximum Gasteiger partial charge on any atom is 0.200 e. The molecule has 1 aliphatic rings. The van der Waals surface area contributed by atoms with E-state index < -0.39 is 0 Å². The van der Waals surface area contributed by atoms with Crippen molar-refractivity contribution in [3.8, 4) is 28.9 Å². The average molecular weight is 433 g/mol. The normalized spacial score (nSPS) is 14.3. The molecule has 31 heavy (non-hydrogen) atoms. The van der Waals surface area contributed by atoms with Gasteiger partial charge in [-0.15, -0.1) is 5.92 Å². The number of morpholine rings is 1. The molecule has 2 aromatic carbocycles. The van der Waals surface area contributed by atoms with Crippen molar-refractivity contribution in [3.63, 3.8) is 0 Å². The molecule has 3 aromatic rings. The zero-order chi connectivity index (χ0) is 21.8. The van der Waals surface area contributed by atoms with Gasteiger partial charge in [0.05, 0.1) is 13.2 Å². The minimum absolute atomic E-state index is 0.589. The lowest BCUT2D eigenvalue weighted by atomic mass is 9.97. The van der Waals surface area contributed by atoms with Gasteiger partial charge in [-0.2, -0.15) is 5.10 Å². The molecule has 6 heteroatoms. The van der Waals surface area contributed by atoms with Gasteiger partial charge in [0.1, 0.15) is 0 Å². The molecular formula is C25H28N4OS. The highest BCUT2D eigenvalue weighted by atomic mass is 32.1. The van der Waals surface area contributed by atoms with Crippen molar-refractivity contribution in [2.45, 2.75) is 33.7 Å². The number of rotatable bonds is 5. The number of hydrogen-bond donors (Lipinski definition) is 1. The molecule has 1 saturated heterocycles. The number of aryl methyl sites for hydroxylation is 2. The minimum Gasteiger partial charge on any atom is -0.379 e. The number of aromatic amines is 1. The van der Waals surface area contributed by atoms with E-state index >= 15 is 0 Å². The summed E-state index contributed by atoms with van der Waals surface area (Å²) in [5.74, 6) is 6.99. The maximum atomic E-state index is 5.59. The maximum absolute atomic E-state index is 5.59. The van der Waals surface area contributed by atoms with Crippen LogP contribution in [0.5, 0.6) is 0 Å². The number of nitrogens with zero attached hydrogens (tertiary/aromatic N) is 3. The van der Waals surface area contributed by atoms with Gasteiger partial charge in [-0.05, 0) is 73.4 Å². The van der Waals surface area contributed by atoms with Gasteiger partial charge in [-0.1, -0.05) is 24.1 Å². The SMILES string of the molecule is CC#CCc1cc(-c2n[nH]c(=S)n2-c2ccc(CN3CCOCC3)cc2)c(C)cc1C. The lowest BCUT2D eigenvalue weighted by Crippen LogP contribution is -2.35. The summed E-state index contributed by atoms with van der Waals surface area (Å²) < 4.78 is 8.05. The van der Waals surface area contributed by atoms with Crippen LogP contribution < -0.4 is 0 Å². The summed E-state index contributed by atoms with van der Waals surface area (Å²) >= 11 is 5.59. The summed E-state index contributed by atoms with van der Waals surface area (Å²) in [5.41, 5.74) is 7.00. The van der Waals surface area contributed by atoms with Crippen LogP contribution in [0.1, 0.15) is 29.2 Å². The molecule has 0 spiro atoms. The molecule has 0 amide bonds. The van der Waals surface area contributed by atoms with Crippen molar-refractivity contribution in [2.75, 3.05) is 26.3 Å². The number of ether oxygens (including phenoxy) is 1. The Kier molecular flexibility index (Phi) is 6.67. The molecule has 1 aliphatic heterocycles. The lowest BCUT2D eigenvalue weighted by Gasteiger charge is -2.26. The Labute approximate surface area is 189 Å². The zero-order valence-electron chi connectivity index (χ0n) is 18.4. The Bertz CT molecular complexity index is 1170. The van der Waals surface area contributed by atoms with E-state index in [2.05, 4.69) is 77.2 Å². The summed E-state index contributed by atoms with van der Waals surface area (Å²) in [5, 5.41) is 7.56. The first-order valence-corrected chi connectivity index (χ1v) is 11.0. The molecule has 5 nitrogen and oxygen atoms in total. The van der Waals surface area contributed by atoms with Crippen LogP contribution >= 0.6 is 12.2 Å². The molecule has 1 aromatic heterocycles. The van der Waals surface area contributed by atoms with Crippen molar-refractivity contribution in [1.29, 1.82) is 0 Å². The first-order chi connectivity index (χ1) is 15.1. The minimum atomic E-state index is 0.589. The van der Waals surface area contributed by atoms with E-state index in [-0.39, 0.29) is 0 Å². The molecule has 1 N–H and O–H groups in total. The number of benzene rings is 2. The van der Waals surface area contributed by atoms with Crippen LogP contribution in [0, 0.1) is 30.5 Å². The van der Waals surface area contributed by atoms with Crippen molar-refractivity contribution in [3.05, 3.63) is 63.4 Å². The second-order valence-corrected chi connectivity index (χ2v) is 8.33. The van der Waals surface area contributed by atoms with E-state index in [1.165, 1.54) is 22.3 Å². The number of aromatic nitrogens is 3. The molecule has 160 valence electrons. The molecule has 4 rings (SSSR count). The van der Waals surface area contributed by atoms with Crippen LogP contribution in [-0.4, -0.2) is 46.0 Å². The van der Waals surface area contributed by atoms with Gasteiger partial charge in [0, 0.05) is 37.3 Å².